The lowest BCUT2D eigenvalue weighted by atomic mass is 9.96. The van der Waals surface area contributed by atoms with Gasteiger partial charge in [-0.1, -0.05) is 124 Å². The van der Waals surface area contributed by atoms with Crippen molar-refractivity contribution in [2.45, 2.75) is 38.0 Å². The number of ether oxygens (including phenoxy) is 1. The smallest absolute Gasteiger partial charge is 0.261 e. The maximum atomic E-state index is 7.53. The van der Waals surface area contributed by atoms with Crippen molar-refractivity contribution in [1.29, 1.82) is 0 Å². The van der Waals surface area contributed by atoms with Gasteiger partial charge in [0.05, 0.1) is 19.3 Å². The van der Waals surface area contributed by atoms with Gasteiger partial charge in [-0.25, -0.2) is 0 Å². The van der Waals surface area contributed by atoms with E-state index in [0.29, 0.717) is 0 Å². The molecule has 0 radical (unpaired) electrons. The van der Waals surface area contributed by atoms with Crippen LogP contribution >= 0.6 is 0 Å². The van der Waals surface area contributed by atoms with Gasteiger partial charge in [-0.05, 0) is 38.7 Å². The minimum absolute atomic E-state index is 0.163. The van der Waals surface area contributed by atoms with E-state index < -0.39 is 8.32 Å². The van der Waals surface area contributed by atoms with Crippen molar-refractivity contribution < 1.29 is 9.16 Å². The molecule has 0 saturated carbocycles. The molecule has 2 atom stereocenters. The van der Waals surface area contributed by atoms with Crippen LogP contribution in [0.3, 0.4) is 0 Å². The Morgan fingerprint density at radius 2 is 1.14 bits per heavy atom. The molecule has 0 amide bonds. The van der Waals surface area contributed by atoms with Crippen LogP contribution in [0.25, 0.3) is 0 Å². The number of benzene rings is 4. The van der Waals surface area contributed by atoms with Crippen LogP contribution in [0.2, 0.25) is 5.04 Å². The van der Waals surface area contributed by atoms with Gasteiger partial charge < -0.3 is 14.9 Å². The van der Waals surface area contributed by atoms with Crippen LogP contribution in [0.15, 0.2) is 115 Å². The van der Waals surface area contributed by atoms with Gasteiger partial charge in [-0.15, -0.1) is 0 Å². The number of hydrogen-bond acceptors (Lipinski definition) is 3. The normalized spacial score (nSPS) is 13.7. The zero-order valence-electron chi connectivity index (χ0n) is 21.0. The molecule has 0 aliphatic heterocycles. The van der Waals surface area contributed by atoms with Crippen molar-refractivity contribution in [2.75, 3.05) is 7.11 Å². The number of methoxy groups -OCH3 is 1. The summed E-state index contributed by atoms with van der Waals surface area (Å²) >= 11 is 0. The van der Waals surface area contributed by atoms with E-state index in [1.54, 1.807) is 7.11 Å². The highest BCUT2D eigenvalue weighted by Gasteiger charge is 2.52. The first kappa shape index (κ1) is 24.9. The summed E-state index contributed by atoms with van der Waals surface area (Å²) in [6.07, 6.45) is -0.376. The Labute approximate surface area is 210 Å². The van der Waals surface area contributed by atoms with Crippen molar-refractivity contribution in [3.63, 3.8) is 0 Å². The largest absolute Gasteiger partial charge is 0.497 e. The summed E-state index contributed by atoms with van der Waals surface area (Å²) in [7, 11) is -1.15. The number of rotatable bonds is 8. The fourth-order valence-corrected chi connectivity index (χ4v) is 9.58. The van der Waals surface area contributed by atoms with E-state index in [2.05, 4.69) is 99.6 Å². The molecular weight excluding hydrogens is 446 g/mol. The van der Waals surface area contributed by atoms with Gasteiger partial charge in [0.15, 0.2) is 0 Å². The summed E-state index contributed by atoms with van der Waals surface area (Å²) in [5.41, 5.74) is 9.07. The lowest BCUT2D eigenvalue weighted by Gasteiger charge is -2.46. The van der Waals surface area contributed by atoms with Crippen LogP contribution in [0.1, 0.15) is 44.0 Å². The summed E-state index contributed by atoms with van der Waals surface area (Å²) in [4.78, 5) is 0. The topological polar surface area (TPSA) is 44.5 Å². The Hall–Kier alpha value is -3.18. The van der Waals surface area contributed by atoms with Crippen LogP contribution in [-0.2, 0) is 4.43 Å². The molecule has 0 heterocycles. The van der Waals surface area contributed by atoms with Gasteiger partial charge in [-0.2, -0.15) is 0 Å². The predicted molar refractivity (Wildman–Crippen MR) is 148 cm³/mol. The zero-order valence-corrected chi connectivity index (χ0v) is 22.0. The van der Waals surface area contributed by atoms with Gasteiger partial charge in [0.25, 0.3) is 8.32 Å². The highest BCUT2D eigenvalue weighted by Crippen LogP contribution is 2.43. The molecule has 4 aromatic rings. The summed E-state index contributed by atoms with van der Waals surface area (Å²) in [6, 6.07) is 39.3. The Bertz CT molecular complexity index is 1170. The molecule has 0 fully saturated rings. The third-order valence-electron chi connectivity index (χ3n) is 6.65. The van der Waals surface area contributed by atoms with Crippen molar-refractivity contribution >= 4 is 18.7 Å². The highest BCUT2D eigenvalue weighted by atomic mass is 28.4. The van der Waals surface area contributed by atoms with E-state index >= 15 is 0 Å². The van der Waals surface area contributed by atoms with Gasteiger partial charge in [0.1, 0.15) is 5.75 Å². The number of nitrogens with two attached hydrogens (primary N) is 1. The Morgan fingerprint density at radius 1 is 0.657 bits per heavy atom. The predicted octanol–water partition coefficient (Wildman–Crippen LogP) is 6.01. The Kier molecular flexibility index (Phi) is 7.56. The SMILES string of the molecule is COc1cccc([C@@H](O[Si](c2ccccc2)(c2ccccc2)C(C)(C)C)[C@@H](N)c2ccccc2)c1. The molecule has 0 spiro atoms. The second-order valence-corrected chi connectivity index (χ2v) is 14.2. The van der Waals surface area contributed by atoms with Crippen LogP contribution in [0.4, 0.5) is 0 Å². The summed E-state index contributed by atoms with van der Waals surface area (Å²) in [5.74, 6) is 0.791. The highest BCUT2D eigenvalue weighted by molar-refractivity contribution is 6.99. The van der Waals surface area contributed by atoms with Crippen LogP contribution in [0.5, 0.6) is 5.75 Å². The van der Waals surface area contributed by atoms with Crippen molar-refractivity contribution in [3.8, 4) is 5.75 Å². The molecule has 0 bridgehead atoms. The third kappa shape index (κ3) is 5.10. The van der Waals surface area contributed by atoms with Crippen molar-refractivity contribution in [1.82, 2.24) is 0 Å². The molecule has 4 heteroatoms. The second-order valence-electron chi connectivity index (χ2n) is 9.91. The molecule has 35 heavy (non-hydrogen) atoms. The first-order chi connectivity index (χ1) is 16.9. The summed E-state index contributed by atoms with van der Waals surface area (Å²) in [6.45, 7) is 6.86. The van der Waals surface area contributed by atoms with E-state index in [9.17, 15) is 0 Å². The lowest BCUT2D eigenvalue weighted by molar-refractivity contribution is 0.160. The molecule has 4 aromatic carbocycles. The van der Waals surface area contributed by atoms with Gasteiger partial charge in [0, 0.05) is 0 Å². The van der Waals surface area contributed by atoms with Crippen LogP contribution < -0.4 is 20.8 Å². The minimum Gasteiger partial charge on any atom is -0.497 e. The second kappa shape index (κ2) is 10.6. The Balaban J connectivity index is 1.95. The average molecular weight is 482 g/mol. The van der Waals surface area contributed by atoms with E-state index in [-0.39, 0.29) is 17.2 Å². The van der Waals surface area contributed by atoms with Gasteiger partial charge in [0.2, 0.25) is 0 Å². The van der Waals surface area contributed by atoms with Crippen molar-refractivity contribution in [3.05, 3.63) is 126 Å². The Morgan fingerprint density at radius 3 is 1.63 bits per heavy atom. The van der Waals surface area contributed by atoms with Gasteiger partial charge >= 0.3 is 0 Å². The molecule has 3 nitrogen and oxygen atoms in total. The van der Waals surface area contributed by atoms with E-state index in [4.69, 9.17) is 14.9 Å². The molecular formula is C31H35NO2Si. The minimum atomic E-state index is -2.84. The van der Waals surface area contributed by atoms with Crippen molar-refractivity contribution in [2.24, 2.45) is 5.73 Å². The number of hydrogen-bond donors (Lipinski definition) is 1. The fraction of sp³-hybridized carbons (Fsp3) is 0.226. The van der Waals surface area contributed by atoms with Gasteiger partial charge in [-0.3, -0.25) is 0 Å². The lowest BCUT2D eigenvalue weighted by Crippen LogP contribution is -2.67. The summed E-state index contributed by atoms with van der Waals surface area (Å²) < 4.78 is 13.1. The standard InChI is InChI=1S/C31H35NO2Si/c1-31(2,3)35(27-19-10-6-11-20-27,28-21-12-7-13-22-28)34-30(25-17-14-18-26(23-25)33-4)29(32)24-15-8-5-9-16-24/h5-23,29-30H,32H2,1-4H3/t29-,30+/m0/s1. The first-order valence-electron chi connectivity index (χ1n) is 12.1. The molecule has 2 N–H and O–H groups in total. The molecule has 0 aliphatic rings. The maximum absolute atomic E-state index is 7.53. The molecule has 0 aliphatic carbocycles. The summed E-state index contributed by atoms with van der Waals surface area (Å²) in [5, 5.41) is 2.29. The maximum Gasteiger partial charge on any atom is 0.261 e. The fourth-order valence-electron chi connectivity index (χ4n) is 4.90. The molecule has 0 aromatic heterocycles. The zero-order chi connectivity index (χ0) is 24.9. The average Bonchev–Trinajstić information content (AvgIpc) is 2.90. The van der Waals surface area contributed by atoms with Crippen LogP contribution in [0, 0.1) is 0 Å². The molecule has 0 unspecified atom stereocenters. The third-order valence-corrected chi connectivity index (χ3v) is 11.7. The quantitative estimate of drug-likeness (QED) is 0.313. The first-order valence-corrected chi connectivity index (χ1v) is 14.0. The van der Waals surface area contributed by atoms with E-state index in [0.717, 1.165) is 16.9 Å². The molecule has 0 saturated heterocycles. The van der Waals surface area contributed by atoms with E-state index in [1.807, 2.05) is 36.4 Å². The molecule has 180 valence electrons. The van der Waals surface area contributed by atoms with E-state index in [1.165, 1.54) is 10.4 Å². The molecule has 4 rings (SSSR count). The monoisotopic (exact) mass is 481 g/mol. The van der Waals surface area contributed by atoms with Crippen LogP contribution in [-0.4, -0.2) is 15.4 Å².